The number of rotatable bonds is 8. The van der Waals surface area contributed by atoms with Crippen LogP contribution in [0.5, 0.6) is 0 Å². The summed E-state index contributed by atoms with van der Waals surface area (Å²) in [7, 11) is 0. The quantitative estimate of drug-likeness (QED) is 0.312. The van der Waals surface area contributed by atoms with Crippen molar-refractivity contribution in [3.63, 3.8) is 0 Å². The molecule has 10 heteroatoms. The molecular formula is C26H26F2N4O4. The Hall–Kier alpha value is -4.10. The number of urea groups is 2. The number of alkyl halides is 2. The molecule has 1 atom stereocenters. The first-order valence-electron chi connectivity index (χ1n) is 11.3. The molecule has 0 unspecified atom stereocenters. The summed E-state index contributed by atoms with van der Waals surface area (Å²) in [6.45, 7) is 5.52. The van der Waals surface area contributed by atoms with Gasteiger partial charge in [0.2, 0.25) is 0 Å². The lowest BCUT2D eigenvalue weighted by Gasteiger charge is -2.41. The highest BCUT2D eigenvalue weighted by atomic mass is 19.3. The van der Waals surface area contributed by atoms with Crippen molar-refractivity contribution >= 4 is 23.5 Å². The van der Waals surface area contributed by atoms with E-state index >= 15 is 0 Å². The summed E-state index contributed by atoms with van der Waals surface area (Å²) in [5.74, 6) is -0.299. The van der Waals surface area contributed by atoms with Crippen LogP contribution in [0.15, 0.2) is 71.5 Å². The second-order valence-electron chi connectivity index (χ2n) is 8.14. The fraction of sp³-hybridized carbons (Fsp3) is 0.308. The number of hydrogen-bond acceptors (Lipinski definition) is 5. The molecule has 2 N–H and O–H groups in total. The van der Waals surface area contributed by atoms with Crippen LogP contribution in [0.1, 0.15) is 38.2 Å². The van der Waals surface area contributed by atoms with E-state index in [1.54, 1.807) is 13.0 Å². The van der Waals surface area contributed by atoms with Crippen LogP contribution < -0.4 is 10.2 Å². The minimum atomic E-state index is -2.78. The lowest BCUT2D eigenvalue weighted by atomic mass is 9.93. The number of carbonyl (C=O) groups excluding carboxylic acids is 3. The van der Waals surface area contributed by atoms with Crippen molar-refractivity contribution in [2.75, 3.05) is 18.1 Å². The Labute approximate surface area is 207 Å². The molecule has 2 aliphatic rings. The molecule has 1 aliphatic heterocycles. The van der Waals surface area contributed by atoms with Crippen LogP contribution in [0.4, 0.5) is 24.1 Å². The van der Waals surface area contributed by atoms with Crippen LogP contribution in [0, 0.1) is 11.3 Å². The molecule has 0 bridgehead atoms. The number of halogens is 2. The Morgan fingerprint density at radius 2 is 2.08 bits per heavy atom. The van der Waals surface area contributed by atoms with Gasteiger partial charge in [-0.1, -0.05) is 30.9 Å². The van der Waals surface area contributed by atoms with E-state index in [4.69, 9.17) is 5.11 Å². The number of imide groups is 1. The first-order valence-corrected chi connectivity index (χ1v) is 11.3. The average molecular weight is 497 g/mol. The zero-order valence-electron chi connectivity index (χ0n) is 19.7. The van der Waals surface area contributed by atoms with Crippen molar-refractivity contribution in [3.05, 3.63) is 77.1 Å². The molecule has 1 aliphatic carbocycles. The molecule has 1 aromatic rings. The number of carbonyl (C=O) groups is 3. The number of nitrogens with one attached hydrogen (secondary N) is 1. The van der Waals surface area contributed by atoms with Gasteiger partial charge in [0.25, 0.3) is 6.43 Å². The molecule has 4 amide bonds. The van der Waals surface area contributed by atoms with Gasteiger partial charge in [-0.25, -0.2) is 23.3 Å². The second kappa shape index (κ2) is 11.6. The van der Waals surface area contributed by atoms with Gasteiger partial charge in [-0.3, -0.25) is 9.69 Å². The van der Waals surface area contributed by atoms with E-state index < -0.39 is 24.5 Å². The minimum Gasteiger partial charge on any atom is -0.396 e. The second-order valence-corrected chi connectivity index (χ2v) is 8.14. The number of ketones is 1. The summed E-state index contributed by atoms with van der Waals surface area (Å²) in [4.78, 5) is 42.0. The molecule has 0 saturated heterocycles. The number of aliphatic hydroxyl groups excluding tert-OH is 1. The van der Waals surface area contributed by atoms with Crippen molar-refractivity contribution in [1.29, 1.82) is 5.26 Å². The molecule has 3 rings (SSSR count). The third kappa shape index (κ3) is 5.26. The number of amides is 4. The molecule has 8 nitrogen and oxygen atoms in total. The summed E-state index contributed by atoms with van der Waals surface area (Å²) < 4.78 is 26.8. The van der Waals surface area contributed by atoms with Gasteiger partial charge in [0.1, 0.15) is 0 Å². The van der Waals surface area contributed by atoms with Crippen LogP contribution in [-0.4, -0.2) is 47.0 Å². The van der Waals surface area contributed by atoms with Crippen LogP contribution in [0.2, 0.25) is 0 Å². The zero-order chi connectivity index (χ0) is 26.4. The standard InChI is InChI=1S/C26H26F2N4O4/c1-3-17(15-29)9-8-16(2)23-22-20(10-11-21(22)34)31(19-7-4-6-18(14-19)24(27)28)26(36)32(23)25(35)30-12-5-13-33/h3-4,6-9,14,23-24,33H,2,5,10-13H2,1H3,(H,30,35)/b9-8-,17-3+/t23-/m1/s1. The lowest BCUT2D eigenvalue weighted by Crippen LogP contribution is -2.59. The van der Waals surface area contributed by atoms with Crippen LogP contribution in [0.25, 0.3) is 0 Å². The third-order valence-corrected chi connectivity index (χ3v) is 5.88. The van der Waals surface area contributed by atoms with Crippen molar-refractivity contribution in [3.8, 4) is 6.07 Å². The number of Topliss-reactive ketones (excluding diaryl/α,β-unsaturated/α-hetero) is 1. The highest BCUT2D eigenvalue weighted by Crippen LogP contribution is 2.41. The van der Waals surface area contributed by atoms with E-state index in [1.807, 2.05) is 6.07 Å². The fourth-order valence-electron chi connectivity index (χ4n) is 4.13. The van der Waals surface area contributed by atoms with E-state index in [9.17, 15) is 28.4 Å². The van der Waals surface area contributed by atoms with Crippen molar-refractivity contribution in [1.82, 2.24) is 10.2 Å². The average Bonchev–Trinajstić information content (AvgIpc) is 3.24. The van der Waals surface area contributed by atoms with Gasteiger partial charge in [-0.05, 0) is 43.5 Å². The maximum atomic E-state index is 13.8. The van der Waals surface area contributed by atoms with Gasteiger partial charge in [0.05, 0.1) is 17.8 Å². The summed E-state index contributed by atoms with van der Waals surface area (Å²) in [5, 5.41) is 20.8. The van der Waals surface area contributed by atoms with E-state index in [-0.39, 0.29) is 60.6 Å². The van der Waals surface area contributed by atoms with Crippen molar-refractivity contribution in [2.45, 2.75) is 38.7 Å². The number of nitriles is 1. The highest BCUT2D eigenvalue weighted by molar-refractivity contribution is 6.13. The fourth-order valence-corrected chi connectivity index (χ4v) is 4.13. The maximum absolute atomic E-state index is 13.8. The van der Waals surface area contributed by atoms with Crippen molar-refractivity contribution < 1.29 is 28.3 Å². The first-order chi connectivity index (χ1) is 17.2. The predicted molar refractivity (Wildman–Crippen MR) is 129 cm³/mol. The van der Waals surface area contributed by atoms with Gasteiger partial charge in [0.15, 0.2) is 5.78 Å². The molecule has 0 spiro atoms. The Morgan fingerprint density at radius 3 is 2.72 bits per heavy atom. The summed E-state index contributed by atoms with van der Waals surface area (Å²) >= 11 is 0. The van der Waals surface area contributed by atoms with E-state index in [0.29, 0.717) is 11.3 Å². The van der Waals surface area contributed by atoms with Gasteiger partial charge >= 0.3 is 12.1 Å². The minimum absolute atomic E-state index is 0.0615. The number of benzene rings is 1. The van der Waals surface area contributed by atoms with Gasteiger partial charge in [0, 0.05) is 42.0 Å². The SMILES string of the molecule is C=C(/C=C\C(C#N)=C/C)[C@@H]1C2=C(CCC2=O)N(c2cccc(C(F)F)c2)C(=O)N1C(=O)NCCCO. The van der Waals surface area contributed by atoms with Crippen LogP contribution >= 0.6 is 0 Å². The number of hydrogen-bond donors (Lipinski definition) is 2. The molecule has 0 aromatic heterocycles. The molecule has 0 fully saturated rings. The van der Waals surface area contributed by atoms with Crippen LogP contribution in [0.3, 0.4) is 0 Å². The summed E-state index contributed by atoms with van der Waals surface area (Å²) in [6, 6.07) is 4.38. The largest absolute Gasteiger partial charge is 0.396 e. The number of nitrogens with zero attached hydrogens (tertiary/aromatic N) is 3. The van der Waals surface area contributed by atoms with Crippen molar-refractivity contribution in [2.24, 2.45) is 0 Å². The normalized spacial score (nSPS) is 18.2. The summed E-state index contributed by atoms with van der Waals surface area (Å²) in [6.07, 6.45) is 2.22. The highest BCUT2D eigenvalue weighted by Gasteiger charge is 2.48. The topological polar surface area (TPSA) is 114 Å². The number of aliphatic hydroxyl groups is 1. The Balaban J connectivity index is 2.16. The van der Waals surface area contributed by atoms with Gasteiger partial charge in [-0.15, -0.1) is 0 Å². The first kappa shape index (κ1) is 26.5. The molecule has 1 aromatic carbocycles. The molecule has 1 heterocycles. The Bertz CT molecular complexity index is 1210. The Kier molecular flexibility index (Phi) is 8.51. The maximum Gasteiger partial charge on any atom is 0.337 e. The molecule has 188 valence electrons. The number of allylic oxidation sites excluding steroid dienone is 4. The molecule has 36 heavy (non-hydrogen) atoms. The monoisotopic (exact) mass is 496 g/mol. The smallest absolute Gasteiger partial charge is 0.337 e. The van der Waals surface area contributed by atoms with E-state index in [0.717, 1.165) is 15.9 Å². The third-order valence-electron chi connectivity index (χ3n) is 5.88. The number of anilines is 1. The Morgan fingerprint density at radius 1 is 1.33 bits per heavy atom. The molecule has 0 saturated carbocycles. The zero-order valence-corrected chi connectivity index (χ0v) is 19.7. The lowest BCUT2D eigenvalue weighted by molar-refractivity contribution is -0.115. The summed E-state index contributed by atoms with van der Waals surface area (Å²) in [5.41, 5.74) is 0.822. The van der Waals surface area contributed by atoms with E-state index in [2.05, 4.69) is 11.9 Å². The van der Waals surface area contributed by atoms with Gasteiger partial charge in [-0.2, -0.15) is 5.26 Å². The predicted octanol–water partition coefficient (Wildman–Crippen LogP) is 4.53. The molecule has 0 radical (unpaired) electrons. The van der Waals surface area contributed by atoms with Gasteiger partial charge < -0.3 is 10.4 Å². The molecular weight excluding hydrogens is 470 g/mol. The van der Waals surface area contributed by atoms with Crippen LogP contribution in [-0.2, 0) is 4.79 Å². The van der Waals surface area contributed by atoms with E-state index in [1.165, 1.54) is 30.4 Å².